The summed E-state index contributed by atoms with van der Waals surface area (Å²) in [6, 6.07) is 0. The van der Waals surface area contributed by atoms with E-state index in [1.54, 1.807) is 6.08 Å². The summed E-state index contributed by atoms with van der Waals surface area (Å²) in [6.07, 6.45) is 3.78. The van der Waals surface area contributed by atoms with Gasteiger partial charge >= 0.3 is 5.97 Å². The van der Waals surface area contributed by atoms with Gasteiger partial charge in [-0.3, -0.25) is 4.79 Å². The summed E-state index contributed by atoms with van der Waals surface area (Å²) in [5.41, 5.74) is 0.257. The number of carbonyl (C=O) groups excluding carboxylic acids is 1. The van der Waals surface area contributed by atoms with Crippen LogP contribution in [0.5, 0.6) is 0 Å². The molecule has 0 bridgehead atoms. The average molecular weight is 154 g/mol. The lowest BCUT2D eigenvalue weighted by molar-refractivity contribution is -0.133. The van der Waals surface area contributed by atoms with Crippen molar-refractivity contribution in [1.82, 2.24) is 0 Å². The number of carboxylic acid groups (broad SMARTS) is 1. The Morgan fingerprint density at radius 3 is 2.91 bits per heavy atom. The van der Waals surface area contributed by atoms with E-state index in [-0.39, 0.29) is 17.8 Å². The Hall–Kier alpha value is -1.12. The predicted octanol–water partition coefficient (Wildman–Crippen LogP) is 1.14. The van der Waals surface area contributed by atoms with E-state index in [0.29, 0.717) is 12.8 Å². The van der Waals surface area contributed by atoms with Crippen LogP contribution in [0.3, 0.4) is 0 Å². The lowest BCUT2D eigenvalue weighted by atomic mass is 10.1. The molecular weight excluding hydrogens is 144 g/mol. The van der Waals surface area contributed by atoms with Crippen molar-refractivity contribution in [2.75, 3.05) is 0 Å². The number of allylic oxidation sites excluding steroid dienone is 1. The molecule has 3 nitrogen and oxygen atoms in total. The topological polar surface area (TPSA) is 54.4 Å². The summed E-state index contributed by atoms with van der Waals surface area (Å²) >= 11 is 0. The number of carboxylic acids is 1. The molecule has 1 N–H and O–H groups in total. The summed E-state index contributed by atoms with van der Waals surface area (Å²) in [5, 5.41) is 8.56. The van der Waals surface area contributed by atoms with Gasteiger partial charge in [0.15, 0.2) is 0 Å². The first kappa shape index (κ1) is 7.98. The van der Waals surface area contributed by atoms with Crippen LogP contribution < -0.4 is 0 Å². The fraction of sp³-hybridized carbons (Fsp3) is 0.500. The Morgan fingerprint density at radius 2 is 2.27 bits per heavy atom. The first-order chi connectivity index (χ1) is 5.20. The number of aliphatic carboxylic acids is 1. The second kappa shape index (κ2) is 3.32. The third-order valence-corrected chi connectivity index (χ3v) is 1.71. The van der Waals surface area contributed by atoms with Crippen LogP contribution in [0.4, 0.5) is 0 Å². The third-order valence-electron chi connectivity index (χ3n) is 1.71. The van der Waals surface area contributed by atoms with Crippen molar-refractivity contribution in [2.45, 2.75) is 25.7 Å². The van der Waals surface area contributed by atoms with E-state index in [2.05, 4.69) is 0 Å². The molecule has 0 spiro atoms. The van der Waals surface area contributed by atoms with Crippen LogP contribution in [0, 0.1) is 0 Å². The van der Waals surface area contributed by atoms with E-state index in [9.17, 15) is 9.59 Å². The van der Waals surface area contributed by atoms with E-state index in [4.69, 9.17) is 5.11 Å². The highest BCUT2D eigenvalue weighted by Gasteiger charge is 2.14. The summed E-state index contributed by atoms with van der Waals surface area (Å²) in [5.74, 6) is -0.920. The van der Waals surface area contributed by atoms with Crippen LogP contribution in [0.25, 0.3) is 0 Å². The second-order valence-electron chi connectivity index (χ2n) is 2.64. The molecule has 1 aliphatic rings. The van der Waals surface area contributed by atoms with Crippen LogP contribution in [0.1, 0.15) is 25.7 Å². The highest BCUT2D eigenvalue weighted by atomic mass is 16.4. The molecule has 60 valence electrons. The molecule has 1 aliphatic carbocycles. The summed E-state index contributed by atoms with van der Waals surface area (Å²) in [7, 11) is 0. The monoisotopic (exact) mass is 154 g/mol. The van der Waals surface area contributed by atoms with Crippen LogP contribution in [-0.4, -0.2) is 16.9 Å². The molecular formula is C8H10O3. The zero-order chi connectivity index (χ0) is 8.27. The maximum Gasteiger partial charge on any atom is 0.331 e. The van der Waals surface area contributed by atoms with E-state index in [1.807, 2.05) is 0 Å². The molecule has 0 unspecified atom stereocenters. The molecule has 0 atom stereocenters. The van der Waals surface area contributed by atoms with Crippen molar-refractivity contribution in [3.8, 4) is 0 Å². The Balaban J connectivity index is 2.69. The van der Waals surface area contributed by atoms with Gasteiger partial charge in [0.2, 0.25) is 0 Å². The molecule has 0 aromatic carbocycles. The maximum atomic E-state index is 10.9. The molecule has 11 heavy (non-hydrogen) atoms. The standard InChI is InChI=1S/C8H10O3/c9-7-4-2-1-3-6(5-7)8(10)11/h3H,1-2,4-5H2,(H,10,11). The Labute approximate surface area is 64.7 Å². The Morgan fingerprint density at radius 1 is 1.55 bits per heavy atom. The smallest absolute Gasteiger partial charge is 0.331 e. The number of hydrogen-bond donors (Lipinski definition) is 1. The van der Waals surface area contributed by atoms with E-state index < -0.39 is 5.97 Å². The van der Waals surface area contributed by atoms with Gasteiger partial charge in [-0.2, -0.15) is 0 Å². The molecule has 0 aliphatic heterocycles. The van der Waals surface area contributed by atoms with E-state index >= 15 is 0 Å². The van der Waals surface area contributed by atoms with Crippen LogP contribution in [-0.2, 0) is 9.59 Å². The molecule has 0 saturated carbocycles. The number of ketones is 1. The molecule has 0 radical (unpaired) electrons. The van der Waals surface area contributed by atoms with Crippen molar-refractivity contribution in [2.24, 2.45) is 0 Å². The van der Waals surface area contributed by atoms with Gasteiger partial charge in [0.05, 0.1) is 0 Å². The summed E-state index contributed by atoms with van der Waals surface area (Å²) < 4.78 is 0. The fourth-order valence-corrected chi connectivity index (χ4v) is 1.11. The molecule has 1 rings (SSSR count). The minimum Gasteiger partial charge on any atom is -0.478 e. The van der Waals surface area contributed by atoms with E-state index in [0.717, 1.165) is 6.42 Å². The number of hydrogen-bond acceptors (Lipinski definition) is 2. The van der Waals surface area contributed by atoms with Crippen molar-refractivity contribution in [3.05, 3.63) is 11.6 Å². The first-order valence-electron chi connectivity index (χ1n) is 3.64. The number of Topliss-reactive ketones (excluding diaryl/α,β-unsaturated/α-hetero) is 1. The van der Waals surface area contributed by atoms with Gasteiger partial charge in [-0.1, -0.05) is 6.08 Å². The van der Waals surface area contributed by atoms with Crippen LogP contribution >= 0.6 is 0 Å². The lowest BCUT2D eigenvalue weighted by Crippen LogP contribution is -2.05. The third kappa shape index (κ3) is 2.18. The van der Waals surface area contributed by atoms with Gasteiger partial charge in [-0.05, 0) is 12.8 Å². The highest BCUT2D eigenvalue weighted by molar-refractivity contribution is 5.95. The average Bonchev–Trinajstić information content (AvgIpc) is 2.13. The van der Waals surface area contributed by atoms with Crippen LogP contribution in [0.15, 0.2) is 11.6 Å². The van der Waals surface area contributed by atoms with Crippen LogP contribution in [0.2, 0.25) is 0 Å². The van der Waals surface area contributed by atoms with Gasteiger partial charge in [0.1, 0.15) is 5.78 Å². The number of rotatable bonds is 1. The molecule has 0 amide bonds. The number of carbonyl (C=O) groups is 2. The Kier molecular flexibility index (Phi) is 2.41. The summed E-state index contributed by atoms with van der Waals surface area (Å²) in [4.78, 5) is 21.3. The molecule has 0 fully saturated rings. The van der Waals surface area contributed by atoms with Crippen molar-refractivity contribution >= 4 is 11.8 Å². The molecule has 0 aromatic rings. The highest BCUT2D eigenvalue weighted by Crippen LogP contribution is 2.14. The zero-order valence-electron chi connectivity index (χ0n) is 6.17. The molecule has 0 heterocycles. The van der Waals surface area contributed by atoms with Gasteiger partial charge in [-0.15, -0.1) is 0 Å². The van der Waals surface area contributed by atoms with Crippen molar-refractivity contribution < 1.29 is 14.7 Å². The minimum atomic E-state index is -0.958. The maximum absolute atomic E-state index is 10.9. The first-order valence-corrected chi connectivity index (χ1v) is 3.64. The van der Waals surface area contributed by atoms with Gasteiger partial charge < -0.3 is 5.11 Å². The molecule has 0 aromatic heterocycles. The predicted molar refractivity (Wildman–Crippen MR) is 39.2 cm³/mol. The SMILES string of the molecule is O=C1CCCC=C(C(=O)O)C1. The summed E-state index contributed by atoms with van der Waals surface area (Å²) in [6.45, 7) is 0. The Bertz CT molecular complexity index is 215. The van der Waals surface area contributed by atoms with Gasteiger partial charge in [0.25, 0.3) is 0 Å². The zero-order valence-corrected chi connectivity index (χ0v) is 6.17. The minimum absolute atomic E-state index is 0.0381. The van der Waals surface area contributed by atoms with Gasteiger partial charge in [0, 0.05) is 18.4 Å². The normalized spacial score (nSPS) is 18.9. The lowest BCUT2D eigenvalue weighted by Gasteiger charge is -1.95. The van der Waals surface area contributed by atoms with Crippen molar-refractivity contribution in [3.63, 3.8) is 0 Å². The molecule has 3 heteroatoms. The molecule has 0 saturated heterocycles. The quantitative estimate of drug-likeness (QED) is 0.616. The van der Waals surface area contributed by atoms with Crippen molar-refractivity contribution in [1.29, 1.82) is 0 Å². The van der Waals surface area contributed by atoms with Gasteiger partial charge in [-0.25, -0.2) is 4.79 Å². The second-order valence-corrected chi connectivity index (χ2v) is 2.64. The largest absolute Gasteiger partial charge is 0.478 e. The fourth-order valence-electron chi connectivity index (χ4n) is 1.11. The van der Waals surface area contributed by atoms with E-state index in [1.165, 1.54) is 0 Å².